The molecular weight excluding hydrogens is 448 g/mol. The number of hydrogen-bond donors (Lipinski definition) is 2. The largest absolute Gasteiger partial charge is 0.448 e. The normalized spacial score (nSPS) is 11.5. The molecule has 0 bridgehead atoms. The molecular formula is C22H18F2N7O3+. The lowest BCUT2D eigenvalue weighted by Gasteiger charge is -2.11. The predicted molar refractivity (Wildman–Crippen MR) is 117 cm³/mol. The zero-order valence-electron chi connectivity index (χ0n) is 17.8. The number of nitrogens with one attached hydrogen (secondary N) is 1. The van der Waals surface area contributed by atoms with Crippen molar-refractivity contribution in [1.82, 2.24) is 24.3 Å². The molecule has 34 heavy (non-hydrogen) atoms. The van der Waals surface area contributed by atoms with Crippen LogP contribution in [0.25, 0.3) is 28.0 Å². The van der Waals surface area contributed by atoms with Gasteiger partial charge in [-0.2, -0.15) is 13.5 Å². The standard InChI is InChI=1S/C22H17F2N7O3/c1-12-15(26-11-34-12)10-30-22(33)31-19(28-30)17(14-7-8-16(32)29(9-14)20(23)24)18(27-21(31)25)13-5-3-2-4-6-13/h2-9,11,20H,10H2,1H3,(H2,25,27,28)/p+1. The monoisotopic (exact) mass is 466 g/mol. The third kappa shape index (κ3) is 3.45. The second-order valence-corrected chi connectivity index (χ2v) is 7.52. The number of alkyl halides is 2. The minimum absolute atomic E-state index is 0.0545. The van der Waals surface area contributed by atoms with Crippen LogP contribution in [0.4, 0.5) is 14.7 Å². The molecule has 10 nitrogen and oxygen atoms in total. The number of rotatable bonds is 5. The molecule has 4 aromatic heterocycles. The molecule has 0 atom stereocenters. The van der Waals surface area contributed by atoms with Crippen LogP contribution in [0.2, 0.25) is 0 Å². The highest BCUT2D eigenvalue weighted by Crippen LogP contribution is 2.32. The lowest BCUT2D eigenvalue weighted by atomic mass is 10.0. The zero-order chi connectivity index (χ0) is 24.0. The van der Waals surface area contributed by atoms with Crippen LogP contribution in [0.5, 0.6) is 0 Å². The molecule has 0 saturated carbocycles. The smallest absolute Gasteiger partial charge is 0.428 e. The minimum atomic E-state index is -3.05. The first-order valence-electron chi connectivity index (χ1n) is 10.1. The summed E-state index contributed by atoms with van der Waals surface area (Å²) in [5.74, 6) is 0.438. The number of pyridine rings is 1. The summed E-state index contributed by atoms with van der Waals surface area (Å²) in [4.78, 5) is 33.7. The number of nitrogens with zero attached hydrogens (tertiary/aromatic N) is 5. The molecule has 0 spiro atoms. The predicted octanol–water partition coefficient (Wildman–Crippen LogP) is 2.13. The van der Waals surface area contributed by atoms with Gasteiger partial charge in [0.15, 0.2) is 6.39 Å². The number of aromatic amines is 1. The van der Waals surface area contributed by atoms with E-state index in [1.807, 2.05) is 6.07 Å². The number of aryl methyl sites for hydroxylation is 1. The second-order valence-electron chi connectivity index (χ2n) is 7.52. The summed E-state index contributed by atoms with van der Waals surface area (Å²) in [5.41, 5.74) is 7.08. The van der Waals surface area contributed by atoms with Gasteiger partial charge in [0.2, 0.25) is 5.65 Å². The number of benzene rings is 1. The van der Waals surface area contributed by atoms with E-state index in [1.54, 1.807) is 31.2 Å². The number of fused-ring (bicyclic) bond motifs is 1. The first kappa shape index (κ1) is 21.2. The molecule has 0 aliphatic heterocycles. The highest BCUT2D eigenvalue weighted by molar-refractivity contribution is 5.88. The Hall–Kier alpha value is -4.61. The summed E-state index contributed by atoms with van der Waals surface area (Å²) in [6.07, 6.45) is 2.30. The van der Waals surface area contributed by atoms with Crippen LogP contribution in [0.15, 0.2) is 69.1 Å². The summed E-state index contributed by atoms with van der Waals surface area (Å²) < 4.78 is 34.9. The van der Waals surface area contributed by atoms with E-state index in [9.17, 15) is 18.4 Å². The van der Waals surface area contributed by atoms with Gasteiger partial charge in [0.1, 0.15) is 23.7 Å². The van der Waals surface area contributed by atoms with Gasteiger partial charge < -0.3 is 10.2 Å². The van der Waals surface area contributed by atoms with E-state index in [0.29, 0.717) is 32.8 Å². The van der Waals surface area contributed by atoms with E-state index < -0.39 is 17.8 Å². The molecule has 0 radical (unpaired) electrons. The van der Waals surface area contributed by atoms with E-state index in [-0.39, 0.29) is 23.7 Å². The molecule has 0 fully saturated rings. The number of oxazole rings is 1. The number of halogens is 2. The summed E-state index contributed by atoms with van der Waals surface area (Å²) in [6.45, 7) is -1.28. The van der Waals surface area contributed by atoms with Crippen molar-refractivity contribution in [3.63, 3.8) is 0 Å². The number of anilines is 1. The van der Waals surface area contributed by atoms with Crippen molar-refractivity contribution in [3.05, 3.63) is 87.3 Å². The fourth-order valence-electron chi connectivity index (χ4n) is 3.77. The van der Waals surface area contributed by atoms with E-state index in [4.69, 9.17) is 10.2 Å². The van der Waals surface area contributed by atoms with Crippen LogP contribution in [-0.2, 0) is 6.54 Å². The summed E-state index contributed by atoms with van der Waals surface area (Å²) in [5, 5.41) is 3.00. The lowest BCUT2D eigenvalue weighted by molar-refractivity contribution is -0.516. The quantitative estimate of drug-likeness (QED) is 0.382. The van der Waals surface area contributed by atoms with Gasteiger partial charge in [-0.15, -0.1) is 9.38 Å². The van der Waals surface area contributed by atoms with Gasteiger partial charge >= 0.3 is 18.2 Å². The maximum Gasteiger partial charge on any atom is 0.428 e. The fraction of sp³-hybridized carbons (Fsp3) is 0.136. The van der Waals surface area contributed by atoms with E-state index in [1.165, 1.54) is 17.1 Å². The number of nitrogen functional groups attached to an aromatic ring is 1. The van der Waals surface area contributed by atoms with Crippen LogP contribution >= 0.6 is 0 Å². The molecule has 4 heterocycles. The Morgan fingerprint density at radius 3 is 2.59 bits per heavy atom. The molecule has 5 aromatic rings. The zero-order valence-corrected chi connectivity index (χ0v) is 17.8. The molecule has 0 unspecified atom stereocenters. The van der Waals surface area contributed by atoms with Gasteiger partial charge in [-0.05, 0) is 13.0 Å². The van der Waals surface area contributed by atoms with E-state index in [0.717, 1.165) is 16.7 Å². The Balaban J connectivity index is 1.84. The van der Waals surface area contributed by atoms with Crippen molar-refractivity contribution in [1.29, 1.82) is 0 Å². The Morgan fingerprint density at radius 1 is 1.15 bits per heavy atom. The number of hydrogen-bond acceptors (Lipinski definition) is 6. The topological polar surface area (TPSA) is 129 Å². The highest BCUT2D eigenvalue weighted by Gasteiger charge is 2.27. The van der Waals surface area contributed by atoms with E-state index in [2.05, 4.69) is 15.1 Å². The van der Waals surface area contributed by atoms with E-state index >= 15 is 0 Å². The van der Waals surface area contributed by atoms with Crippen LogP contribution < -0.4 is 21.4 Å². The molecule has 3 N–H and O–H groups in total. The van der Waals surface area contributed by atoms with Gasteiger partial charge in [-0.3, -0.25) is 9.36 Å². The fourth-order valence-corrected chi connectivity index (χ4v) is 3.77. The maximum absolute atomic E-state index is 13.5. The Bertz CT molecular complexity index is 1630. The average Bonchev–Trinajstić information content (AvgIpc) is 3.38. The van der Waals surface area contributed by atoms with Crippen molar-refractivity contribution < 1.29 is 17.6 Å². The maximum atomic E-state index is 13.5. The molecule has 5 rings (SSSR count). The molecule has 0 amide bonds. The number of nitrogens with two attached hydrogens (primary N) is 1. The van der Waals surface area contributed by atoms with Gasteiger partial charge in [0.25, 0.3) is 5.56 Å². The summed E-state index contributed by atoms with van der Waals surface area (Å²) in [6, 6.07) is 11.4. The van der Waals surface area contributed by atoms with Crippen molar-refractivity contribution in [2.75, 3.05) is 5.73 Å². The first-order valence-corrected chi connectivity index (χ1v) is 10.1. The molecule has 172 valence electrons. The van der Waals surface area contributed by atoms with Gasteiger partial charge in [-0.1, -0.05) is 30.3 Å². The molecule has 0 aliphatic carbocycles. The SMILES string of the molecule is Cc1ocnc1Cn1[nH]c2c(-c3ccc(=O)n(C(F)F)c3)c(-c3ccccc3)nc(N)[n+]2c1=O. The summed E-state index contributed by atoms with van der Waals surface area (Å²) in [7, 11) is 0. The molecule has 0 aliphatic rings. The van der Waals surface area contributed by atoms with Gasteiger partial charge in [0.05, 0.1) is 5.56 Å². The lowest BCUT2D eigenvalue weighted by Crippen LogP contribution is -2.44. The summed E-state index contributed by atoms with van der Waals surface area (Å²) >= 11 is 0. The minimum Gasteiger partial charge on any atom is -0.448 e. The second kappa shape index (κ2) is 8.06. The average molecular weight is 466 g/mol. The molecule has 0 saturated heterocycles. The van der Waals surface area contributed by atoms with Gasteiger partial charge in [-0.25, -0.2) is 14.9 Å². The Morgan fingerprint density at radius 2 is 1.91 bits per heavy atom. The molecule has 1 aromatic carbocycles. The first-order chi connectivity index (χ1) is 16.3. The third-order valence-electron chi connectivity index (χ3n) is 5.45. The Kier molecular flexibility index (Phi) is 5.04. The van der Waals surface area contributed by atoms with Crippen molar-refractivity contribution in [2.24, 2.45) is 0 Å². The van der Waals surface area contributed by atoms with Gasteiger partial charge in [0, 0.05) is 23.4 Å². The number of aromatic nitrogens is 6. The number of H-pyrrole nitrogens is 1. The van der Waals surface area contributed by atoms with Crippen LogP contribution in [0, 0.1) is 6.92 Å². The third-order valence-corrected chi connectivity index (χ3v) is 5.45. The van der Waals surface area contributed by atoms with Crippen molar-refractivity contribution in [3.8, 4) is 22.4 Å². The van der Waals surface area contributed by atoms with Crippen molar-refractivity contribution in [2.45, 2.75) is 20.0 Å². The molecule has 12 heteroatoms. The van der Waals surface area contributed by atoms with Crippen molar-refractivity contribution >= 4 is 11.6 Å². The van der Waals surface area contributed by atoms with Crippen LogP contribution in [0.3, 0.4) is 0 Å². The Labute approximate surface area is 189 Å². The van der Waals surface area contributed by atoms with Crippen LogP contribution in [0.1, 0.15) is 18.0 Å². The highest BCUT2D eigenvalue weighted by atomic mass is 19.3. The van der Waals surface area contributed by atoms with Crippen LogP contribution in [-0.4, -0.2) is 24.3 Å².